The summed E-state index contributed by atoms with van der Waals surface area (Å²) in [5.41, 5.74) is 6.37. The Morgan fingerprint density at radius 2 is 1.89 bits per heavy atom. The Bertz CT molecular complexity index is 1710. The minimum Gasteiger partial charge on any atom is -0.374 e. The molecule has 0 aliphatic carbocycles. The van der Waals surface area contributed by atoms with E-state index >= 15 is 0 Å². The largest absolute Gasteiger partial charge is 0.374 e. The third kappa shape index (κ3) is 3.93. The standard InChI is InChI=1S/C26H21FN8O/c1-2-23(36)31-17-7-15(9-28-10-17)20-8-18-21(13-30-20)34-35-25(18)26-32-22-12-29-11-19(24(22)33-26)14-4-3-5-16(27)6-14/h3-13,23,31,36H,2H2,1H3,(H,32,33)(H,34,35). The molecule has 9 nitrogen and oxygen atoms in total. The van der Waals surface area contributed by atoms with Crippen LogP contribution in [0.15, 0.2) is 67.4 Å². The highest BCUT2D eigenvalue weighted by molar-refractivity contribution is 5.97. The zero-order valence-electron chi connectivity index (χ0n) is 19.2. The Kier molecular flexibility index (Phi) is 5.34. The molecular weight excluding hydrogens is 459 g/mol. The SMILES string of the molecule is CCC(O)Nc1cncc(-c2cc3c(-c4nc5c(-c6cccc(F)c6)cncc5[nH]4)n[nH]c3cn2)c1. The van der Waals surface area contributed by atoms with E-state index in [4.69, 9.17) is 4.98 Å². The van der Waals surface area contributed by atoms with Crippen LogP contribution in [-0.2, 0) is 0 Å². The number of nitrogens with zero attached hydrogens (tertiary/aromatic N) is 5. The number of halogens is 1. The number of aromatic nitrogens is 7. The molecule has 0 radical (unpaired) electrons. The lowest BCUT2D eigenvalue weighted by atomic mass is 10.1. The minimum absolute atomic E-state index is 0.323. The van der Waals surface area contributed by atoms with Crippen LogP contribution >= 0.6 is 0 Å². The smallest absolute Gasteiger partial charge is 0.159 e. The maximum absolute atomic E-state index is 13.8. The molecule has 0 amide bonds. The number of fused-ring (bicyclic) bond motifs is 2. The van der Waals surface area contributed by atoms with Gasteiger partial charge in [-0.15, -0.1) is 0 Å². The van der Waals surface area contributed by atoms with E-state index in [2.05, 4.69) is 35.5 Å². The van der Waals surface area contributed by atoms with Crippen LogP contribution in [0, 0.1) is 5.82 Å². The van der Waals surface area contributed by atoms with Crippen molar-refractivity contribution < 1.29 is 9.50 Å². The Morgan fingerprint density at radius 3 is 2.75 bits per heavy atom. The molecule has 1 atom stereocenters. The summed E-state index contributed by atoms with van der Waals surface area (Å²) < 4.78 is 13.8. The molecule has 5 aromatic heterocycles. The number of rotatable bonds is 6. The van der Waals surface area contributed by atoms with Crippen molar-refractivity contribution in [2.75, 3.05) is 5.32 Å². The quantitative estimate of drug-likeness (QED) is 0.250. The minimum atomic E-state index is -0.655. The predicted octanol–water partition coefficient (Wildman–Crippen LogP) is 4.90. The van der Waals surface area contributed by atoms with Crippen molar-refractivity contribution in [1.82, 2.24) is 35.1 Å². The van der Waals surface area contributed by atoms with Gasteiger partial charge in [-0.05, 0) is 36.2 Å². The summed E-state index contributed by atoms with van der Waals surface area (Å²) in [7, 11) is 0. The lowest BCUT2D eigenvalue weighted by Crippen LogP contribution is -2.16. The van der Waals surface area contributed by atoms with Crippen LogP contribution in [0.4, 0.5) is 10.1 Å². The first-order valence-electron chi connectivity index (χ1n) is 11.4. The summed E-state index contributed by atoms with van der Waals surface area (Å²) in [6.45, 7) is 1.89. The number of imidazole rings is 1. The van der Waals surface area contributed by atoms with Crippen LogP contribution in [0.2, 0.25) is 0 Å². The van der Waals surface area contributed by atoms with Gasteiger partial charge in [-0.3, -0.25) is 20.1 Å². The third-order valence-electron chi connectivity index (χ3n) is 5.96. The number of hydrogen-bond acceptors (Lipinski definition) is 7. The molecule has 0 aliphatic heterocycles. The molecular formula is C26H21FN8O. The average Bonchev–Trinajstić information content (AvgIpc) is 3.52. The first kappa shape index (κ1) is 21.8. The lowest BCUT2D eigenvalue weighted by Gasteiger charge is -2.12. The monoisotopic (exact) mass is 480 g/mol. The molecule has 0 saturated heterocycles. The van der Waals surface area contributed by atoms with Crippen molar-refractivity contribution >= 4 is 27.6 Å². The second-order valence-electron chi connectivity index (χ2n) is 8.40. The summed E-state index contributed by atoms with van der Waals surface area (Å²) in [5, 5.41) is 21.2. The van der Waals surface area contributed by atoms with Gasteiger partial charge in [0.25, 0.3) is 0 Å². The molecule has 0 aliphatic rings. The zero-order valence-corrected chi connectivity index (χ0v) is 19.2. The maximum Gasteiger partial charge on any atom is 0.159 e. The lowest BCUT2D eigenvalue weighted by molar-refractivity contribution is 0.199. The summed E-state index contributed by atoms with van der Waals surface area (Å²) in [4.78, 5) is 21.2. The Morgan fingerprint density at radius 1 is 1.00 bits per heavy atom. The van der Waals surface area contributed by atoms with Gasteiger partial charge in [0.2, 0.25) is 0 Å². The summed E-state index contributed by atoms with van der Waals surface area (Å²) >= 11 is 0. The van der Waals surface area contributed by atoms with Crippen LogP contribution in [-0.4, -0.2) is 46.5 Å². The summed E-state index contributed by atoms with van der Waals surface area (Å²) in [5.74, 6) is 0.232. The number of benzene rings is 1. The fraction of sp³-hybridized carbons (Fsp3) is 0.115. The van der Waals surface area contributed by atoms with Crippen molar-refractivity contribution in [2.24, 2.45) is 0 Å². The van der Waals surface area contributed by atoms with Crippen LogP contribution in [0.1, 0.15) is 13.3 Å². The average molecular weight is 481 g/mol. The molecule has 1 unspecified atom stereocenters. The van der Waals surface area contributed by atoms with E-state index in [1.807, 2.05) is 25.1 Å². The van der Waals surface area contributed by atoms with Gasteiger partial charge in [-0.1, -0.05) is 19.1 Å². The van der Waals surface area contributed by atoms with E-state index in [1.165, 1.54) is 12.1 Å². The van der Waals surface area contributed by atoms with Gasteiger partial charge >= 0.3 is 0 Å². The molecule has 4 N–H and O–H groups in total. The van der Waals surface area contributed by atoms with E-state index < -0.39 is 6.23 Å². The molecule has 36 heavy (non-hydrogen) atoms. The third-order valence-corrected chi connectivity index (χ3v) is 5.96. The topological polar surface area (TPSA) is 128 Å². The van der Waals surface area contributed by atoms with Crippen molar-refractivity contribution in [1.29, 1.82) is 0 Å². The first-order valence-corrected chi connectivity index (χ1v) is 11.4. The molecule has 6 rings (SSSR count). The molecule has 0 spiro atoms. The van der Waals surface area contributed by atoms with Gasteiger partial charge in [-0.25, -0.2) is 9.37 Å². The number of nitrogens with one attached hydrogen (secondary N) is 3. The van der Waals surface area contributed by atoms with Gasteiger partial charge in [0.15, 0.2) is 5.82 Å². The van der Waals surface area contributed by atoms with E-state index in [0.717, 1.165) is 27.5 Å². The molecule has 0 saturated carbocycles. The fourth-order valence-electron chi connectivity index (χ4n) is 4.12. The van der Waals surface area contributed by atoms with Crippen molar-refractivity contribution in [2.45, 2.75) is 19.6 Å². The van der Waals surface area contributed by atoms with Crippen LogP contribution in [0.25, 0.3) is 55.8 Å². The number of pyridine rings is 3. The predicted molar refractivity (Wildman–Crippen MR) is 135 cm³/mol. The second kappa shape index (κ2) is 8.82. The molecule has 0 bridgehead atoms. The van der Waals surface area contributed by atoms with Crippen LogP contribution < -0.4 is 5.32 Å². The number of aliphatic hydroxyl groups excluding tert-OH is 1. The molecule has 0 fully saturated rings. The second-order valence-corrected chi connectivity index (χ2v) is 8.40. The van der Waals surface area contributed by atoms with Gasteiger partial charge in [0, 0.05) is 28.9 Å². The normalized spacial score (nSPS) is 12.3. The summed E-state index contributed by atoms with van der Waals surface area (Å²) in [6, 6.07) is 10.2. The number of aliphatic hydroxyl groups is 1. The molecule has 178 valence electrons. The maximum atomic E-state index is 13.8. The van der Waals surface area contributed by atoms with Gasteiger partial charge in [0.1, 0.15) is 17.7 Å². The van der Waals surface area contributed by atoms with Crippen molar-refractivity contribution in [3.8, 4) is 33.9 Å². The highest BCUT2D eigenvalue weighted by Crippen LogP contribution is 2.32. The fourth-order valence-corrected chi connectivity index (χ4v) is 4.12. The molecule has 5 heterocycles. The van der Waals surface area contributed by atoms with E-state index in [-0.39, 0.29) is 5.82 Å². The Balaban J connectivity index is 1.43. The highest BCUT2D eigenvalue weighted by Gasteiger charge is 2.17. The van der Waals surface area contributed by atoms with Gasteiger partial charge in [-0.2, -0.15) is 5.10 Å². The molecule has 10 heteroatoms. The Labute approximate surface area is 204 Å². The number of aromatic amines is 2. The van der Waals surface area contributed by atoms with Crippen molar-refractivity contribution in [3.05, 3.63) is 73.2 Å². The molecule has 6 aromatic rings. The highest BCUT2D eigenvalue weighted by atomic mass is 19.1. The van der Waals surface area contributed by atoms with E-state index in [9.17, 15) is 9.50 Å². The van der Waals surface area contributed by atoms with Crippen LogP contribution in [0.3, 0.4) is 0 Å². The Hall–Kier alpha value is -4.70. The van der Waals surface area contributed by atoms with E-state index in [1.54, 1.807) is 37.1 Å². The zero-order chi connectivity index (χ0) is 24.6. The van der Waals surface area contributed by atoms with Gasteiger partial charge < -0.3 is 15.4 Å². The first-order chi connectivity index (χ1) is 17.6. The summed E-state index contributed by atoms with van der Waals surface area (Å²) in [6.07, 6.45) is 8.36. The van der Waals surface area contributed by atoms with Crippen LogP contribution in [0.5, 0.6) is 0 Å². The molecule has 1 aromatic carbocycles. The van der Waals surface area contributed by atoms with Crippen molar-refractivity contribution in [3.63, 3.8) is 0 Å². The number of anilines is 1. The van der Waals surface area contributed by atoms with Gasteiger partial charge in [0.05, 0.1) is 46.5 Å². The number of hydrogen-bond donors (Lipinski definition) is 4. The van der Waals surface area contributed by atoms with E-state index in [0.29, 0.717) is 40.4 Å². The number of H-pyrrole nitrogens is 2.